The first-order valence-electron chi connectivity index (χ1n) is 7.20. The number of halogens is 7. The molecule has 4 aromatic rings. The van der Waals surface area contributed by atoms with Crippen LogP contribution in [0, 0.1) is 5.82 Å². The largest absolute Gasteiger partial charge is 0.453 e. The lowest BCUT2D eigenvalue weighted by Crippen LogP contribution is -2.12. The highest BCUT2D eigenvalue weighted by Gasteiger charge is 2.39. The highest BCUT2D eigenvalue weighted by Crippen LogP contribution is 2.34. The first kappa shape index (κ1) is 17.9. The van der Waals surface area contributed by atoms with E-state index >= 15 is 0 Å². The second-order valence-electron chi connectivity index (χ2n) is 5.38. The number of hydrogen-bond acceptors (Lipinski definition) is 5. The van der Waals surface area contributed by atoms with Gasteiger partial charge >= 0.3 is 12.4 Å². The Balaban J connectivity index is 2.00. The molecule has 0 saturated carbocycles. The van der Waals surface area contributed by atoms with Gasteiger partial charge in [-0.15, -0.1) is 5.10 Å². The smallest absolute Gasteiger partial charge is 0.343 e. The van der Waals surface area contributed by atoms with Gasteiger partial charge in [0.1, 0.15) is 11.4 Å². The topological polar surface area (TPSA) is 100 Å². The lowest BCUT2D eigenvalue weighted by Gasteiger charge is -2.07. The first-order valence-corrected chi connectivity index (χ1v) is 7.20. The third-order valence-corrected chi connectivity index (χ3v) is 3.56. The van der Waals surface area contributed by atoms with Crippen molar-refractivity contribution in [1.29, 1.82) is 0 Å². The highest BCUT2D eigenvalue weighted by atomic mass is 19.4. The maximum Gasteiger partial charge on any atom is 0.453 e. The molecule has 4 heterocycles. The van der Waals surface area contributed by atoms with Crippen molar-refractivity contribution in [1.82, 2.24) is 39.5 Å². The van der Waals surface area contributed by atoms with Crippen molar-refractivity contribution in [2.45, 2.75) is 12.4 Å². The van der Waals surface area contributed by atoms with Gasteiger partial charge in [0.2, 0.25) is 5.78 Å². The van der Waals surface area contributed by atoms with Gasteiger partial charge in [-0.3, -0.25) is 9.50 Å². The van der Waals surface area contributed by atoms with Crippen molar-refractivity contribution >= 4 is 5.78 Å². The van der Waals surface area contributed by atoms with Crippen LogP contribution in [0.3, 0.4) is 0 Å². The molecule has 0 fully saturated rings. The second kappa shape index (κ2) is 5.74. The number of nitrogens with zero attached hydrogens (tertiary/aromatic N) is 6. The average molecular weight is 406 g/mol. The van der Waals surface area contributed by atoms with Gasteiger partial charge in [-0.2, -0.15) is 26.3 Å². The monoisotopic (exact) mass is 406 g/mol. The normalized spacial score (nSPS) is 12.8. The number of hydrogen-bond donors (Lipinski definition) is 2. The third kappa shape index (κ3) is 2.84. The average Bonchev–Trinajstić information content (AvgIpc) is 3.30. The molecule has 4 aromatic heterocycles. The van der Waals surface area contributed by atoms with E-state index in [0.717, 1.165) is 4.40 Å². The molecule has 0 radical (unpaired) electrons. The quantitative estimate of drug-likeness (QED) is 0.499. The van der Waals surface area contributed by atoms with E-state index in [2.05, 4.69) is 30.0 Å². The molecule has 0 spiro atoms. The summed E-state index contributed by atoms with van der Waals surface area (Å²) < 4.78 is 91.8. The molecule has 0 aliphatic rings. The van der Waals surface area contributed by atoms with Gasteiger partial charge in [0.05, 0.1) is 24.4 Å². The van der Waals surface area contributed by atoms with E-state index < -0.39 is 41.3 Å². The summed E-state index contributed by atoms with van der Waals surface area (Å²) in [6.07, 6.45) is -7.08. The van der Waals surface area contributed by atoms with E-state index in [-0.39, 0.29) is 17.1 Å². The summed E-state index contributed by atoms with van der Waals surface area (Å²) in [5.41, 5.74) is -2.15. The summed E-state index contributed by atoms with van der Waals surface area (Å²) in [7, 11) is 0. The molecule has 0 unspecified atom stereocenters. The minimum absolute atomic E-state index is 0.113. The SMILES string of the molecule is Fc1cn2c(-c3cnc[nH]3)c(-c3nc(C(F)(F)F)n[nH]3)nc2nc1C(F)(F)F. The molecule has 15 heteroatoms. The zero-order chi connectivity index (χ0) is 20.3. The Morgan fingerprint density at radius 3 is 2.29 bits per heavy atom. The van der Waals surface area contributed by atoms with Gasteiger partial charge in [-0.1, -0.05) is 0 Å². The van der Waals surface area contributed by atoms with E-state index in [1.807, 2.05) is 5.10 Å². The molecule has 2 N–H and O–H groups in total. The minimum atomic E-state index is -5.10. The number of imidazole rings is 2. The number of aromatic amines is 2. The summed E-state index contributed by atoms with van der Waals surface area (Å²) in [5, 5.41) is 5.04. The zero-order valence-corrected chi connectivity index (χ0v) is 13.1. The van der Waals surface area contributed by atoms with Gasteiger partial charge in [0.25, 0.3) is 5.82 Å². The fraction of sp³-hybridized carbons (Fsp3) is 0.154. The molecular formula is C13H5F7N8. The fourth-order valence-corrected chi connectivity index (χ4v) is 2.45. The van der Waals surface area contributed by atoms with Crippen LogP contribution in [0.15, 0.2) is 18.7 Å². The molecule has 0 aliphatic carbocycles. The van der Waals surface area contributed by atoms with Crippen molar-refractivity contribution < 1.29 is 30.7 Å². The van der Waals surface area contributed by atoms with Crippen molar-refractivity contribution in [3.63, 3.8) is 0 Å². The summed E-state index contributed by atoms with van der Waals surface area (Å²) in [6.45, 7) is 0. The molecular weight excluding hydrogens is 401 g/mol. The van der Waals surface area contributed by atoms with E-state index in [1.54, 1.807) is 0 Å². The molecule has 28 heavy (non-hydrogen) atoms. The van der Waals surface area contributed by atoms with Crippen molar-refractivity contribution in [3.05, 3.63) is 36.1 Å². The van der Waals surface area contributed by atoms with E-state index in [4.69, 9.17) is 0 Å². The third-order valence-electron chi connectivity index (χ3n) is 3.56. The van der Waals surface area contributed by atoms with Crippen molar-refractivity contribution in [3.8, 4) is 22.9 Å². The highest BCUT2D eigenvalue weighted by molar-refractivity contribution is 5.76. The molecule has 0 amide bonds. The molecule has 8 nitrogen and oxygen atoms in total. The van der Waals surface area contributed by atoms with Crippen LogP contribution in [0.25, 0.3) is 28.7 Å². The molecule has 146 valence electrons. The summed E-state index contributed by atoms with van der Waals surface area (Å²) in [6, 6.07) is 0. The minimum Gasteiger partial charge on any atom is -0.343 e. The number of nitrogens with one attached hydrogen (secondary N) is 2. The van der Waals surface area contributed by atoms with Crippen LogP contribution >= 0.6 is 0 Å². The Hall–Kier alpha value is -3.52. The summed E-state index contributed by atoms with van der Waals surface area (Å²) >= 11 is 0. The fourth-order valence-electron chi connectivity index (χ4n) is 2.45. The Labute approximate surface area is 148 Å². The zero-order valence-electron chi connectivity index (χ0n) is 13.1. The molecule has 0 aliphatic heterocycles. The van der Waals surface area contributed by atoms with Crippen LogP contribution < -0.4 is 0 Å². The predicted molar refractivity (Wildman–Crippen MR) is 75.9 cm³/mol. The number of fused-ring (bicyclic) bond motifs is 1. The van der Waals surface area contributed by atoms with Crippen molar-refractivity contribution in [2.24, 2.45) is 0 Å². The molecule has 0 atom stereocenters. The van der Waals surface area contributed by atoms with Gasteiger partial charge < -0.3 is 4.98 Å². The standard InChI is InChI=1S/C13H5F7N8/c14-4-2-28-7(5-1-21-3-22-5)6(9-25-10(27-26-9)13(18,19)20)23-11(28)24-8(4)12(15,16)17/h1-3H,(H,21,22)(H,25,26,27). The number of aromatic nitrogens is 8. The Bertz CT molecular complexity index is 1150. The number of H-pyrrole nitrogens is 2. The van der Waals surface area contributed by atoms with E-state index in [1.165, 1.54) is 12.5 Å². The number of alkyl halides is 6. The van der Waals surface area contributed by atoms with Crippen LogP contribution in [0.2, 0.25) is 0 Å². The molecule has 0 bridgehead atoms. The Morgan fingerprint density at radius 2 is 1.71 bits per heavy atom. The van der Waals surface area contributed by atoms with E-state index in [0.29, 0.717) is 6.20 Å². The van der Waals surface area contributed by atoms with Gasteiger partial charge in [-0.05, 0) is 0 Å². The van der Waals surface area contributed by atoms with Gasteiger partial charge in [-0.25, -0.2) is 24.3 Å². The maximum atomic E-state index is 14.0. The van der Waals surface area contributed by atoms with Crippen LogP contribution in [0.5, 0.6) is 0 Å². The maximum absolute atomic E-state index is 14.0. The van der Waals surface area contributed by atoms with Crippen LogP contribution in [-0.4, -0.2) is 39.5 Å². The van der Waals surface area contributed by atoms with E-state index in [9.17, 15) is 30.7 Å². The van der Waals surface area contributed by atoms with Crippen LogP contribution in [0.1, 0.15) is 11.5 Å². The first-order chi connectivity index (χ1) is 13.1. The van der Waals surface area contributed by atoms with Crippen LogP contribution in [0.4, 0.5) is 30.7 Å². The Morgan fingerprint density at radius 1 is 0.964 bits per heavy atom. The predicted octanol–water partition coefficient (Wildman–Crippen LogP) is 3.08. The molecule has 0 saturated heterocycles. The van der Waals surface area contributed by atoms with Crippen molar-refractivity contribution in [2.75, 3.05) is 0 Å². The van der Waals surface area contributed by atoms with Gasteiger partial charge in [0, 0.05) is 0 Å². The Kier molecular flexibility index (Phi) is 3.66. The number of rotatable bonds is 2. The van der Waals surface area contributed by atoms with Gasteiger partial charge in [0.15, 0.2) is 17.3 Å². The summed E-state index contributed by atoms with van der Waals surface area (Å²) in [5.74, 6) is -4.32. The van der Waals surface area contributed by atoms with Crippen LogP contribution in [-0.2, 0) is 12.4 Å². The molecule has 0 aromatic carbocycles. The summed E-state index contributed by atoms with van der Waals surface area (Å²) in [4.78, 5) is 16.5. The molecule has 4 rings (SSSR count). The second-order valence-corrected chi connectivity index (χ2v) is 5.38. The lowest BCUT2D eigenvalue weighted by molar-refractivity contribution is -0.145. The lowest BCUT2D eigenvalue weighted by atomic mass is 10.2.